The Balaban J connectivity index is 2.29. The maximum atomic E-state index is 12.1. The Hall–Kier alpha value is -1.04. The summed E-state index contributed by atoms with van der Waals surface area (Å²) in [5.41, 5.74) is 0.148. The predicted molar refractivity (Wildman–Crippen MR) is 68.2 cm³/mol. The van der Waals surface area contributed by atoms with Crippen molar-refractivity contribution in [1.82, 2.24) is 5.32 Å². The number of unbranched alkanes of at least 4 members (excludes halogenated alkanes) is 2. The van der Waals surface area contributed by atoms with Gasteiger partial charge >= 0.3 is 0 Å². The molecule has 1 fully saturated rings. The topological polar surface area (TPSA) is 52.9 Å². The van der Waals surface area contributed by atoms with E-state index in [1.165, 1.54) is 12.8 Å². The Morgan fingerprint density at radius 3 is 2.82 bits per heavy atom. The molecule has 17 heavy (non-hydrogen) atoms. The van der Waals surface area contributed by atoms with Crippen molar-refractivity contribution in [3.8, 4) is 6.07 Å². The van der Waals surface area contributed by atoms with Crippen LogP contribution in [0.15, 0.2) is 0 Å². The summed E-state index contributed by atoms with van der Waals surface area (Å²) in [6, 6.07) is 2.12. The number of rotatable bonds is 5. The van der Waals surface area contributed by atoms with Gasteiger partial charge in [-0.2, -0.15) is 5.26 Å². The van der Waals surface area contributed by atoms with Crippen LogP contribution in [0.3, 0.4) is 0 Å². The molecule has 0 radical (unpaired) electrons. The van der Waals surface area contributed by atoms with Crippen LogP contribution in [0.4, 0.5) is 0 Å². The maximum absolute atomic E-state index is 12.1. The Morgan fingerprint density at radius 2 is 2.18 bits per heavy atom. The molecule has 1 rings (SSSR count). The second kappa shape index (κ2) is 6.64. The zero-order valence-electron chi connectivity index (χ0n) is 11.1. The Kier molecular flexibility index (Phi) is 5.47. The van der Waals surface area contributed by atoms with E-state index in [0.717, 1.165) is 25.7 Å². The van der Waals surface area contributed by atoms with Crippen LogP contribution in [-0.4, -0.2) is 12.5 Å². The Morgan fingerprint density at radius 1 is 1.41 bits per heavy atom. The summed E-state index contributed by atoms with van der Waals surface area (Å²) < 4.78 is 0. The lowest BCUT2D eigenvalue weighted by atomic mass is 9.68. The monoisotopic (exact) mass is 236 g/mol. The number of hydrogen-bond donors (Lipinski definition) is 1. The van der Waals surface area contributed by atoms with Crippen molar-refractivity contribution >= 4 is 5.91 Å². The summed E-state index contributed by atoms with van der Waals surface area (Å²) >= 11 is 0. The molecule has 3 nitrogen and oxygen atoms in total. The molecule has 0 saturated heterocycles. The van der Waals surface area contributed by atoms with E-state index in [0.29, 0.717) is 13.0 Å². The summed E-state index contributed by atoms with van der Waals surface area (Å²) in [6.45, 7) is 5.12. The first-order chi connectivity index (χ1) is 8.08. The number of carbonyl (C=O) groups is 1. The molecular formula is C14H24N2O. The smallest absolute Gasteiger partial charge is 0.223 e. The summed E-state index contributed by atoms with van der Waals surface area (Å²) in [7, 11) is 0. The van der Waals surface area contributed by atoms with Crippen molar-refractivity contribution in [3.05, 3.63) is 0 Å². The minimum absolute atomic E-state index is 0.148. The van der Waals surface area contributed by atoms with Crippen molar-refractivity contribution in [3.63, 3.8) is 0 Å². The molecule has 0 heterocycles. The average molecular weight is 236 g/mol. The molecule has 0 spiro atoms. The van der Waals surface area contributed by atoms with E-state index < -0.39 is 0 Å². The largest absolute Gasteiger partial charge is 0.356 e. The third kappa shape index (κ3) is 4.38. The van der Waals surface area contributed by atoms with Crippen molar-refractivity contribution in [2.75, 3.05) is 6.54 Å². The molecular weight excluding hydrogens is 212 g/mol. The first kappa shape index (κ1) is 14.0. The van der Waals surface area contributed by atoms with Gasteiger partial charge in [0, 0.05) is 18.9 Å². The number of nitrogens with zero attached hydrogens (tertiary/aromatic N) is 1. The van der Waals surface area contributed by atoms with E-state index in [1.54, 1.807) is 0 Å². The molecule has 0 aromatic rings. The Bertz CT molecular complexity index is 291. The van der Waals surface area contributed by atoms with Crippen LogP contribution >= 0.6 is 0 Å². The van der Waals surface area contributed by atoms with Crippen molar-refractivity contribution in [1.29, 1.82) is 5.26 Å². The second-order valence-electron chi connectivity index (χ2n) is 5.69. The first-order valence-corrected chi connectivity index (χ1v) is 6.72. The zero-order chi connectivity index (χ0) is 12.7. The van der Waals surface area contributed by atoms with Crippen molar-refractivity contribution in [2.45, 2.75) is 58.8 Å². The van der Waals surface area contributed by atoms with Crippen LogP contribution in [0, 0.1) is 22.7 Å². The van der Waals surface area contributed by atoms with Gasteiger partial charge in [0.05, 0.1) is 6.07 Å². The molecule has 1 atom stereocenters. The molecule has 1 saturated carbocycles. The number of hydrogen-bond acceptors (Lipinski definition) is 2. The van der Waals surface area contributed by atoms with Crippen LogP contribution in [-0.2, 0) is 4.79 Å². The lowest BCUT2D eigenvalue weighted by molar-refractivity contribution is -0.130. The molecule has 1 aliphatic carbocycles. The van der Waals surface area contributed by atoms with Gasteiger partial charge in [0.2, 0.25) is 5.91 Å². The van der Waals surface area contributed by atoms with Gasteiger partial charge in [0.15, 0.2) is 0 Å². The highest BCUT2D eigenvalue weighted by Gasteiger charge is 2.36. The van der Waals surface area contributed by atoms with Crippen molar-refractivity contribution in [2.24, 2.45) is 11.3 Å². The van der Waals surface area contributed by atoms with E-state index in [2.05, 4.69) is 25.2 Å². The molecule has 1 unspecified atom stereocenters. The number of carbonyl (C=O) groups excluding carboxylic acids is 1. The molecule has 1 amide bonds. The highest BCUT2D eigenvalue weighted by molar-refractivity contribution is 5.79. The molecule has 1 N–H and O–H groups in total. The van der Waals surface area contributed by atoms with Crippen LogP contribution in [0.2, 0.25) is 0 Å². The van der Waals surface area contributed by atoms with Gasteiger partial charge in [-0.1, -0.05) is 26.7 Å². The van der Waals surface area contributed by atoms with Gasteiger partial charge in [-0.25, -0.2) is 0 Å². The maximum Gasteiger partial charge on any atom is 0.223 e. The standard InChI is InChI=1S/C14H24N2O/c1-14(2)9-5-4-8-12(14)13(17)16-11-7-3-6-10-15/h12H,3-9,11H2,1-2H3,(H,16,17). The van der Waals surface area contributed by atoms with Gasteiger partial charge < -0.3 is 5.32 Å². The minimum Gasteiger partial charge on any atom is -0.356 e. The van der Waals surface area contributed by atoms with E-state index in [9.17, 15) is 4.79 Å². The first-order valence-electron chi connectivity index (χ1n) is 6.72. The normalized spacial score (nSPS) is 22.8. The molecule has 0 aliphatic heterocycles. The fraction of sp³-hybridized carbons (Fsp3) is 0.857. The summed E-state index contributed by atoms with van der Waals surface area (Å²) in [4.78, 5) is 12.1. The van der Waals surface area contributed by atoms with Crippen molar-refractivity contribution < 1.29 is 4.79 Å². The predicted octanol–water partition coefficient (Wildman–Crippen LogP) is 3.01. The quantitative estimate of drug-likeness (QED) is 0.746. The van der Waals surface area contributed by atoms with Crippen LogP contribution < -0.4 is 5.32 Å². The highest BCUT2D eigenvalue weighted by Crippen LogP contribution is 2.40. The van der Waals surface area contributed by atoms with Gasteiger partial charge in [-0.15, -0.1) is 0 Å². The van der Waals surface area contributed by atoms with E-state index in [1.807, 2.05) is 0 Å². The van der Waals surface area contributed by atoms with Gasteiger partial charge in [-0.3, -0.25) is 4.79 Å². The van der Waals surface area contributed by atoms with E-state index in [4.69, 9.17) is 5.26 Å². The van der Waals surface area contributed by atoms with E-state index in [-0.39, 0.29) is 17.2 Å². The van der Waals surface area contributed by atoms with Crippen LogP contribution in [0.5, 0.6) is 0 Å². The SMILES string of the molecule is CC1(C)CCCCC1C(=O)NCCCCC#N. The van der Waals surface area contributed by atoms with Crippen LogP contribution in [0.1, 0.15) is 58.8 Å². The molecule has 0 aromatic heterocycles. The fourth-order valence-corrected chi connectivity index (χ4v) is 2.64. The molecule has 96 valence electrons. The zero-order valence-corrected chi connectivity index (χ0v) is 11.1. The molecule has 1 aliphatic rings. The fourth-order valence-electron chi connectivity index (χ4n) is 2.64. The van der Waals surface area contributed by atoms with E-state index >= 15 is 0 Å². The highest BCUT2D eigenvalue weighted by atomic mass is 16.1. The minimum atomic E-state index is 0.148. The van der Waals surface area contributed by atoms with Gasteiger partial charge in [0.1, 0.15) is 0 Å². The third-order valence-corrected chi connectivity index (χ3v) is 3.84. The molecule has 3 heteroatoms. The summed E-state index contributed by atoms with van der Waals surface area (Å²) in [5.74, 6) is 0.388. The summed E-state index contributed by atoms with van der Waals surface area (Å²) in [6.07, 6.45) is 6.98. The Labute approximate surface area is 105 Å². The lowest BCUT2D eigenvalue weighted by Gasteiger charge is -2.37. The number of nitriles is 1. The molecule has 0 bridgehead atoms. The van der Waals surface area contributed by atoms with Gasteiger partial charge in [-0.05, 0) is 31.1 Å². The summed E-state index contributed by atoms with van der Waals surface area (Å²) in [5, 5.41) is 11.4. The number of amides is 1. The molecule has 0 aromatic carbocycles. The lowest BCUT2D eigenvalue weighted by Crippen LogP contribution is -2.41. The number of nitrogens with one attached hydrogen (secondary N) is 1. The third-order valence-electron chi connectivity index (χ3n) is 3.84. The second-order valence-corrected chi connectivity index (χ2v) is 5.69. The van der Waals surface area contributed by atoms with Gasteiger partial charge in [0.25, 0.3) is 0 Å². The average Bonchev–Trinajstić information content (AvgIpc) is 2.28. The van der Waals surface area contributed by atoms with Crippen LogP contribution in [0.25, 0.3) is 0 Å².